The van der Waals surface area contributed by atoms with Crippen LogP contribution in [0, 0.1) is 11.8 Å². The molecule has 1 amide bonds. The van der Waals surface area contributed by atoms with E-state index in [4.69, 9.17) is 5.73 Å². The first-order valence-electron chi connectivity index (χ1n) is 5.47. The summed E-state index contributed by atoms with van der Waals surface area (Å²) in [4.78, 5) is 13.8. The van der Waals surface area contributed by atoms with Gasteiger partial charge in [-0.1, -0.05) is 13.8 Å². The summed E-state index contributed by atoms with van der Waals surface area (Å²) >= 11 is 0. The van der Waals surface area contributed by atoms with Crippen LogP contribution in [0.25, 0.3) is 0 Å². The molecule has 1 fully saturated rings. The van der Waals surface area contributed by atoms with Gasteiger partial charge in [0.2, 0.25) is 11.5 Å². The summed E-state index contributed by atoms with van der Waals surface area (Å²) in [5, 5.41) is 6.94. The predicted molar refractivity (Wildman–Crippen MR) is 57.6 cm³/mol. The second-order valence-corrected chi connectivity index (χ2v) is 4.49. The smallest absolute Gasteiger partial charge is 0.280 e. The molecule has 1 aliphatic heterocycles. The molecule has 1 aliphatic rings. The van der Waals surface area contributed by atoms with Gasteiger partial charge in [0.1, 0.15) is 0 Å². The minimum atomic E-state index is -0.183. The second-order valence-electron chi connectivity index (χ2n) is 4.49. The van der Waals surface area contributed by atoms with Crippen molar-refractivity contribution in [2.45, 2.75) is 20.3 Å². The van der Waals surface area contributed by atoms with E-state index in [1.54, 1.807) is 4.90 Å². The number of rotatable bonds is 1. The first-order valence-corrected chi connectivity index (χ1v) is 5.47. The Morgan fingerprint density at radius 1 is 1.44 bits per heavy atom. The Morgan fingerprint density at radius 2 is 2.19 bits per heavy atom. The minimum Gasteiger partial charge on any atom is -0.379 e. The molecule has 0 spiro atoms. The monoisotopic (exact) mass is 224 g/mol. The third-order valence-corrected chi connectivity index (χ3v) is 3.34. The van der Waals surface area contributed by atoms with E-state index in [0.29, 0.717) is 11.8 Å². The summed E-state index contributed by atoms with van der Waals surface area (Å²) in [5.41, 5.74) is 5.62. The van der Waals surface area contributed by atoms with Crippen LogP contribution in [0.2, 0.25) is 0 Å². The van der Waals surface area contributed by atoms with Gasteiger partial charge in [-0.15, -0.1) is 0 Å². The van der Waals surface area contributed by atoms with Crippen molar-refractivity contribution < 1.29 is 9.42 Å². The van der Waals surface area contributed by atoms with Crippen LogP contribution in [0.5, 0.6) is 0 Å². The van der Waals surface area contributed by atoms with E-state index in [-0.39, 0.29) is 17.4 Å². The number of amides is 1. The molecule has 0 aromatic carbocycles. The molecule has 1 aromatic heterocycles. The molecular formula is C10H16N4O2. The Labute approximate surface area is 93.7 Å². The standard InChI is InChI=1S/C10H16N4O2/c1-6-3-4-14(5-7(6)2)10(15)8-9(11)13-16-12-8/h6-7H,3-5H2,1-2H3,(H2,11,13). The van der Waals surface area contributed by atoms with E-state index in [1.165, 1.54) is 0 Å². The zero-order valence-electron chi connectivity index (χ0n) is 9.51. The molecule has 0 bridgehead atoms. The fraction of sp³-hybridized carbons (Fsp3) is 0.700. The number of hydrogen-bond donors (Lipinski definition) is 1. The third-order valence-electron chi connectivity index (χ3n) is 3.34. The summed E-state index contributed by atoms with van der Waals surface area (Å²) in [6, 6.07) is 0. The van der Waals surface area contributed by atoms with Crippen LogP contribution in [0.1, 0.15) is 30.8 Å². The third kappa shape index (κ3) is 1.87. The van der Waals surface area contributed by atoms with Gasteiger partial charge >= 0.3 is 0 Å². The number of carbonyl (C=O) groups excluding carboxylic acids is 1. The van der Waals surface area contributed by atoms with Gasteiger partial charge < -0.3 is 10.6 Å². The maximum atomic E-state index is 12.0. The van der Waals surface area contributed by atoms with Gasteiger partial charge in [-0.25, -0.2) is 4.63 Å². The van der Waals surface area contributed by atoms with Gasteiger partial charge in [-0.05, 0) is 28.6 Å². The Kier molecular flexibility index (Phi) is 2.80. The number of likely N-dealkylation sites (tertiary alicyclic amines) is 1. The van der Waals surface area contributed by atoms with Crippen LogP contribution in [-0.4, -0.2) is 34.2 Å². The largest absolute Gasteiger partial charge is 0.379 e. The van der Waals surface area contributed by atoms with Crippen LogP contribution in [-0.2, 0) is 0 Å². The van der Waals surface area contributed by atoms with Crippen LogP contribution >= 0.6 is 0 Å². The van der Waals surface area contributed by atoms with E-state index in [0.717, 1.165) is 19.5 Å². The molecule has 6 nitrogen and oxygen atoms in total. The molecule has 2 N–H and O–H groups in total. The highest BCUT2D eigenvalue weighted by atomic mass is 16.6. The molecule has 6 heteroatoms. The lowest BCUT2D eigenvalue weighted by Gasteiger charge is -2.34. The summed E-state index contributed by atoms with van der Waals surface area (Å²) in [7, 11) is 0. The number of carbonyl (C=O) groups is 1. The fourth-order valence-corrected chi connectivity index (χ4v) is 1.94. The molecule has 2 atom stereocenters. The van der Waals surface area contributed by atoms with Crippen molar-refractivity contribution in [2.75, 3.05) is 18.8 Å². The first-order chi connectivity index (χ1) is 7.59. The zero-order valence-corrected chi connectivity index (χ0v) is 9.51. The van der Waals surface area contributed by atoms with E-state index in [1.807, 2.05) is 0 Å². The van der Waals surface area contributed by atoms with Crippen molar-refractivity contribution in [3.63, 3.8) is 0 Å². The number of nitrogen functional groups attached to an aromatic ring is 1. The predicted octanol–water partition coefficient (Wildman–Crippen LogP) is 0.770. The molecule has 0 aliphatic carbocycles. The summed E-state index contributed by atoms with van der Waals surface area (Å²) < 4.78 is 4.43. The number of anilines is 1. The number of nitrogens with two attached hydrogens (primary N) is 1. The van der Waals surface area contributed by atoms with Gasteiger partial charge in [0.15, 0.2) is 0 Å². The average molecular weight is 224 g/mol. The molecule has 2 unspecified atom stereocenters. The highest BCUT2D eigenvalue weighted by Crippen LogP contribution is 2.23. The van der Waals surface area contributed by atoms with Crippen LogP contribution in [0.15, 0.2) is 4.63 Å². The summed E-state index contributed by atoms with van der Waals surface area (Å²) in [5.74, 6) is 1.03. The van der Waals surface area contributed by atoms with Crippen molar-refractivity contribution in [1.29, 1.82) is 0 Å². The van der Waals surface area contributed by atoms with Crippen molar-refractivity contribution in [2.24, 2.45) is 11.8 Å². The molecule has 1 saturated heterocycles. The Hall–Kier alpha value is -1.59. The fourth-order valence-electron chi connectivity index (χ4n) is 1.94. The Bertz CT molecular complexity index is 390. The van der Waals surface area contributed by atoms with E-state index >= 15 is 0 Å². The highest BCUT2D eigenvalue weighted by molar-refractivity contribution is 5.96. The van der Waals surface area contributed by atoms with Gasteiger partial charge in [0, 0.05) is 13.1 Å². The Morgan fingerprint density at radius 3 is 2.75 bits per heavy atom. The van der Waals surface area contributed by atoms with Crippen molar-refractivity contribution in [3.8, 4) is 0 Å². The Balaban J connectivity index is 2.09. The van der Waals surface area contributed by atoms with Crippen molar-refractivity contribution >= 4 is 11.7 Å². The lowest BCUT2D eigenvalue weighted by molar-refractivity contribution is 0.0617. The maximum absolute atomic E-state index is 12.0. The number of piperidine rings is 1. The van der Waals surface area contributed by atoms with Crippen molar-refractivity contribution in [1.82, 2.24) is 15.2 Å². The van der Waals surface area contributed by atoms with E-state index in [2.05, 4.69) is 28.8 Å². The van der Waals surface area contributed by atoms with Crippen LogP contribution in [0.4, 0.5) is 5.82 Å². The van der Waals surface area contributed by atoms with Crippen molar-refractivity contribution in [3.05, 3.63) is 5.69 Å². The van der Waals surface area contributed by atoms with Crippen LogP contribution in [0.3, 0.4) is 0 Å². The zero-order chi connectivity index (χ0) is 11.7. The first kappa shape index (κ1) is 10.9. The number of hydrogen-bond acceptors (Lipinski definition) is 5. The van der Waals surface area contributed by atoms with Gasteiger partial charge in [0.25, 0.3) is 5.91 Å². The molecule has 1 aromatic rings. The van der Waals surface area contributed by atoms with E-state index < -0.39 is 0 Å². The van der Waals surface area contributed by atoms with E-state index in [9.17, 15) is 4.79 Å². The SMILES string of the molecule is CC1CCN(C(=O)c2nonc2N)CC1C. The normalized spacial score (nSPS) is 25.8. The molecule has 2 rings (SSSR count). The van der Waals surface area contributed by atoms with Gasteiger partial charge in [-0.2, -0.15) is 0 Å². The average Bonchev–Trinajstić information content (AvgIpc) is 2.67. The van der Waals surface area contributed by atoms with Crippen LogP contribution < -0.4 is 5.73 Å². The van der Waals surface area contributed by atoms with Gasteiger partial charge in [-0.3, -0.25) is 4.79 Å². The lowest BCUT2D eigenvalue weighted by Crippen LogP contribution is -2.42. The summed E-state index contributed by atoms with van der Waals surface area (Å²) in [6.45, 7) is 5.84. The molecule has 0 radical (unpaired) electrons. The number of nitrogens with zero attached hydrogens (tertiary/aromatic N) is 3. The lowest BCUT2D eigenvalue weighted by atomic mass is 9.88. The minimum absolute atomic E-state index is 0.0660. The molecule has 0 saturated carbocycles. The molecular weight excluding hydrogens is 208 g/mol. The second kappa shape index (κ2) is 4.11. The van der Waals surface area contributed by atoms with Gasteiger partial charge in [0.05, 0.1) is 0 Å². The quantitative estimate of drug-likeness (QED) is 0.761. The topological polar surface area (TPSA) is 85.2 Å². The maximum Gasteiger partial charge on any atom is 0.280 e. The summed E-state index contributed by atoms with van der Waals surface area (Å²) in [6.07, 6.45) is 1.01. The molecule has 2 heterocycles. The highest BCUT2D eigenvalue weighted by Gasteiger charge is 2.29. The molecule has 16 heavy (non-hydrogen) atoms. The number of aromatic nitrogens is 2. The molecule has 88 valence electrons.